The lowest BCUT2D eigenvalue weighted by molar-refractivity contribution is 0.414. The van der Waals surface area contributed by atoms with Gasteiger partial charge >= 0.3 is 0 Å². The summed E-state index contributed by atoms with van der Waals surface area (Å²) in [6.07, 6.45) is 0.520. The molecule has 0 radical (unpaired) electrons. The fourth-order valence-electron chi connectivity index (χ4n) is 2.33. The van der Waals surface area contributed by atoms with Crippen LogP contribution >= 0.6 is 0 Å². The van der Waals surface area contributed by atoms with Crippen molar-refractivity contribution in [2.75, 3.05) is 12.4 Å². The number of hydrogen-bond donors (Lipinski definition) is 1. The van der Waals surface area contributed by atoms with Gasteiger partial charge in [0, 0.05) is 13.0 Å². The van der Waals surface area contributed by atoms with Gasteiger partial charge in [0.05, 0.1) is 7.11 Å². The molecule has 0 saturated heterocycles. The van der Waals surface area contributed by atoms with E-state index < -0.39 is 0 Å². The summed E-state index contributed by atoms with van der Waals surface area (Å²) in [5, 5.41) is 12.4. The SMILES string of the molecule is COc1ccc(Cc2nc(C#N)c(NCc3ccccc3)o2)cc1. The first-order valence-electron chi connectivity index (χ1n) is 7.59. The van der Waals surface area contributed by atoms with Crippen molar-refractivity contribution in [3.8, 4) is 11.8 Å². The highest BCUT2D eigenvalue weighted by Gasteiger charge is 2.13. The molecular formula is C19H17N3O2. The summed E-state index contributed by atoms with van der Waals surface area (Å²) < 4.78 is 10.9. The van der Waals surface area contributed by atoms with Crippen LogP contribution in [0.1, 0.15) is 22.7 Å². The van der Waals surface area contributed by atoms with Crippen LogP contribution in [0.2, 0.25) is 0 Å². The number of nitrogens with zero attached hydrogens (tertiary/aromatic N) is 2. The Hall–Kier alpha value is -3.26. The number of nitrogens with one attached hydrogen (secondary N) is 1. The zero-order chi connectivity index (χ0) is 16.8. The highest BCUT2D eigenvalue weighted by atomic mass is 16.5. The smallest absolute Gasteiger partial charge is 0.232 e. The van der Waals surface area contributed by atoms with Gasteiger partial charge in [0.1, 0.15) is 11.8 Å². The van der Waals surface area contributed by atoms with Gasteiger partial charge in [0.15, 0.2) is 0 Å². The Bertz CT molecular complexity index is 833. The number of nitriles is 1. The number of ether oxygens (including phenoxy) is 1. The zero-order valence-corrected chi connectivity index (χ0v) is 13.3. The topological polar surface area (TPSA) is 71.1 Å². The Morgan fingerprint density at radius 3 is 2.50 bits per heavy atom. The Kier molecular flexibility index (Phi) is 4.78. The van der Waals surface area contributed by atoms with E-state index in [0.717, 1.165) is 16.9 Å². The average molecular weight is 319 g/mol. The molecule has 0 bridgehead atoms. The maximum atomic E-state index is 9.23. The van der Waals surface area contributed by atoms with Gasteiger partial charge in [-0.3, -0.25) is 0 Å². The highest BCUT2D eigenvalue weighted by molar-refractivity contribution is 5.46. The van der Waals surface area contributed by atoms with E-state index in [9.17, 15) is 5.26 Å². The standard InChI is InChI=1S/C19H17N3O2/c1-23-16-9-7-14(8-10-16)11-18-22-17(12-20)19(24-18)21-13-15-5-3-2-4-6-15/h2-10,21H,11,13H2,1H3. The largest absolute Gasteiger partial charge is 0.497 e. The Balaban J connectivity index is 1.71. The molecule has 0 spiro atoms. The van der Waals surface area contributed by atoms with E-state index in [1.54, 1.807) is 7.11 Å². The first kappa shape index (κ1) is 15.6. The van der Waals surface area contributed by atoms with Crippen LogP contribution in [0.5, 0.6) is 5.75 Å². The minimum atomic E-state index is 0.273. The van der Waals surface area contributed by atoms with E-state index >= 15 is 0 Å². The summed E-state index contributed by atoms with van der Waals surface area (Å²) in [5.74, 6) is 1.71. The molecule has 3 rings (SSSR count). The normalized spacial score (nSPS) is 10.2. The van der Waals surface area contributed by atoms with Crippen LogP contribution in [0.3, 0.4) is 0 Å². The van der Waals surface area contributed by atoms with Crippen molar-refractivity contribution in [2.24, 2.45) is 0 Å². The van der Waals surface area contributed by atoms with Gasteiger partial charge in [-0.1, -0.05) is 42.5 Å². The second kappa shape index (κ2) is 7.34. The third kappa shape index (κ3) is 3.73. The Morgan fingerprint density at radius 1 is 1.08 bits per heavy atom. The summed E-state index contributed by atoms with van der Waals surface area (Å²) >= 11 is 0. The van der Waals surface area contributed by atoms with E-state index in [-0.39, 0.29) is 5.69 Å². The van der Waals surface area contributed by atoms with Crippen LogP contribution in [0, 0.1) is 11.3 Å². The molecule has 0 aliphatic rings. The summed E-state index contributed by atoms with van der Waals surface area (Å²) in [5.41, 5.74) is 2.42. The minimum absolute atomic E-state index is 0.273. The predicted octanol–water partition coefficient (Wildman–Crippen LogP) is 3.76. The van der Waals surface area contributed by atoms with Gasteiger partial charge < -0.3 is 14.5 Å². The third-order valence-electron chi connectivity index (χ3n) is 3.59. The van der Waals surface area contributed by atoms with Gasteiger partial charge in [-0.2, -0.15) is 5.26 Å². The van der Waals surface area contributed by atoms with Gasteiger partial charge in [-0.25, -0.2) is 4.98 Å². The first-order chi connectivity index (χ1) is 11.8. The van der Waals surface area contributed by atoms with Crippen molar-refractivity contribution >= 4 is 5.88 Å². The molecule has 0 aliphatic heterocycles. The van der Waals surface area contributed by atoms with Crippen LogP contribution in [-0.4, -0.2) is 12.1 Å². The van der Waals surface area contributed by atoms with Gasteiger partial charge in [0.2, 0.25) is 17.5 Å². The molecule has 5 heteroatoms. The van der Waals surface area contributed by atoms with Crippen LogP contribution in [0.4, 0.5) is 5.88 Å². The lowest BCUT2D eigenvalue weighted by Gasteiger charge is -2.03. The molecule has 0 aliphatic carbocycles. The fraction of sp³-hybridized carbons (Fsp3) is 0.158. The van der Waals surface area contributed by atoms with Crippen molar-refractivity contribution < 1.29 is 9.15 Å². The molecule has 0 fully saturated rings. The molecular weight excluding hydrogens is 302 g/mol. The molecule has 2 aromatic carbocycles. The summed E-state index contributed by atoms with van der Waals surface area (Å²) in [7, 11) is 1.63. The van der Waals surface area contributed by atoms with Gasteiger partial charge in [0.25, 0.3) is 0 Å². The van der Waals surface area contributed by atoms with E-state index in [2.05, 4.69) is 16.4 Å². The van der Waals surface area contributed by atoms with Crippen molar-refractivity contribution in [2.45, 2.75) is 13.0 Å². The number of aromatic nitrogens is 1. The van der Waals surface area contributed by atoms with Crippen molar-refractivity contribution in [1.82, 2.24) is 4.98 Å². The van der Waals surface area contributed by atoms with Crippen LogP contribution < -0.4 is 10.1 Å². The molecule has 0 amide bonds. The summed E-state index contributed by atoms with van der Waals surface area (Å²) in [6.45, 7) is 0.576. The quantitative estimate of drug-likeness (QED) is 0.749. The second-order valence-corrected chi connectivity index (χ2v) is 5.26. The Morgan fingerprint density at radius 2 is 1.83 bits per heavy atom. The number of methoxy groups -OCH3 is 1. The summed E-state index contributed by atoms with van der Waals surface area (Å²) in [6, 6.07) is 19.7. The van der Waals surface area contributed by atoms with Crippen molar-refractivity contribution in [3.63, 3.8) is 0 Å². The highest BCUT2D eigenvalue weighted by Crippen LogP contribution is 2.21. The Labute approximate surface area is 140 Å². The van der Waals surface area contributed by atoms with Crippen LogP contribution in [-0.2, 0) is 13.0 Å². The molecule has 0 unspecified atom stereocenters. The van der Waals surface area contributed by atoms with Crippen LogP contribution in [0.15, 0.2) is 59.0 Å². The lowest BCUT2D eigenvalue weighted by Crippen LogP contribution is -1.99. The molecule has 5 nitrogen and oxygen atoms in total. The molecule has 0 saturated carbocycles. The maximum Gasteiger partial charge on any atom is 0.232 e. The van der Waals surface area contributed by atoms with E-state index in [1.807, 2.05) is 54.6 Å². The molecule has 24 heavy (non-hydrogen) atoms. The average Bonchev–Trinajstić information content (AvgIpc) is 3.03. The maximum absolute atomic E-state index is 9.23. The number of rotatable bonds is 6. The summed E-state index contributed by atoms with van der Waals surface area (Å²) in [4.78, 5) is 4.26. The first-order valence-corrected chi connectivity index (χ1v) is 7.59. The zero-order valence-electron chi connectivity index (χ0n) is 13.3. The third-order valence-corrected chi connectivity index (χ3v) is 3.59. The number of anilines is 1. The van der Waals surface area contributed by atoms with E-state index in [4.69, 9.17) is 9.15 Å². The molecule has 3 aromatic rings. The molecule has 0 atom stereocenters. The molecule has 1 aromatic heterocycles. The second-order valence-electron chi connectivity index (χ2n) is 5.26. The predicted molar refractivity (Wildman–Crippen MR) is 90.8 cm³/mol. The van der Waals surface area contributed by atoms with Gasteiger partial charge in [-0.15, -0.1) is 0 Å². The van der Waals surface area contributed by atoms with Crippen molar-refractivity contribution in [3.05, 3.63) is 77.3 Å². The molecule has 120 valence electrons. The van der Waals surface area contributed by atoms with E-state index in [1.165, 1.54) is 0 Å². The van der Waals surface area contributed by atoms with Crippen LogP contribution in [0.25, 0.3) is 0 Å². The monoisotopic (exact) mass is 319 g/mol. The minimum Gasteiger partial charge on any atom is -0.497 e. The van der Waals surface area contributed by atoms with Crippen molar-refractivity contribution in [1.29, 1.82) is 5.26 Å². The number of benzene rings is 2. The number of hydrogen-bond acceptors (Lipinski definition) is 5. The molecule has 1 heterocycles. The number of oxazole rings is 1. The van der Waals surface area contributed by atoms with E-state index in [0.29, 0.717) is 24.7 Å². The lowest BCUT2D eigenvalue weighted by atomic mass is 10.1. The molecule has 1 N–H and O–H groups in total. The van der Waals surface area contributed by atoms with Gasteiger partial charge in [-0.05, 0) is 23.3 Å². The fourth-order valence-corrected chi connectivity index (χ4v) is 2.33.